The first-order chi connectivity index (χ1) is 13.4. The number of anilines is 1. The summed E-state index contributed by atoms with van der Waals surface area (Å²) in [5.74, 6) is 0.147. The van der Waals surface area contributed by atoms with E-state index >= 15 is 0 Å². The Balaban J connectivity index is 1.70. The predicted octanol–water partition coefficient (Wildman–Crippen LogP) is 0.310. The number of carbonyl (C=O) groups excluding carboxylic acids is 2. The molecule has 0 aromatic heterocycles. The first-order valence-electron chi connectivity index (χ1n) is 9.63. The number of amides is 1. The van der Waals surface area contributed by atoms with Gasteiger partial charge in [0, 0.05) is 24.4 Å². The zero-order chi connectivity index (χ0) is 19.8. The fourth-order valence-corrected chi connectivity index (χ4v) is 5.88. The van der Waals surface area contributed by atoms with Crippen molar-refractivity contribution in [2.45, 2.75) is 49.0 Å². The molecule has 5 aliphatic rings. The van der Waals surface area contributed by atoms with Crippen LogP contribution in [0.15, 0.2) is 18.2 Å². The molecule has 2 N–H and O–H groups in total. The van der Waals surface area contributed by atoms with Crippen LogP contribution in [-0.2, 0) is 24.6 Å². The Morgan fingerprint density at radius 2 is 2.21 bits per heavy atom. The molecule has 0 saturated carbocycles. The molecule has 1 spiro atoms. The Hall–Kier alpha value is -2.00. The monoisotopic (exact) mass is 388 g/mol. The third kappa shape index (κ3) is 1.80. The molecule has 4 bridgehead atoms. The lowest BCUT2D eigenvalue weighted by molar-refractivity contribution is -0.197. The van der Waals surface area contributed by atoms with Crippen LogP contribution in [0.5, 0.6) is 5.75 Å². The Morgan fingerprint density at radius 3 is 2.89 bits per heavy atom. The van der Waals surface area contributed by atoms with Crippen molar-refractivity contribution >= 4 is 17.4 Å². The minimum atomic E-state index is -1.12. The Bertz CT molecular complexity index is 874. The van der Waals surface area contributed by atoms with Crippen LogP contribution in [0.2, 0.25) is 0 Å². The van der Waals surface area contributed by atoms with Gasteiger partial charge in [-0.25, -0.2) is 0 Å². The van der Waals surface area contributed by atoms with Gasteiger partial charge in [0.15, 0.2) is 5.78 Å². The van der Waals surface area contributed by atoms with Crippen molar-refractivity contribution in [3.63, 3.8) is 0 Å². The van der Waals surface area contributed by atoms with E-state index in [2.05, 4.69) is 5.32 Å². The number of benzene rings is 1. The lowest BCUT2D eigenvalue weighted by atomic mass is 9.64. The van der Waals surface area contributed by atoms with Gasteiger partial charge in [-0.2, -0.15) is 5.06 Å². The molecule has 6 rings (SSSR count). The maximum Gasteiger partial charge on any atom is 0.264 e. The largest absolute Gasteiger partial charge is 0.497 e. The van der Waals surface area contributed by atoms with Gasteiger partial charge < -0.3 is 14.6 Å². The van der Waals surface area contributed by atoms with E-state index in [9.17, 15) is 14.7 Å². The van der Waals surface area contributed by atoms with Gasteiger partial charge in [0.05, 0.1) is 26.5 Å². The van der Waals surface area contributed by atoms with Crippen LogP contribution < -0.4 is 15.1 Å². The van der Waals surface area contributed by atoms with Gasteiger partial charge >= 0.3 is 0 Å². The third-order valence-corrected chi connectivity index (χ3v) is 7.17. The molecule has 8 heteroatoms. The number of hydrogen-bond donors (Lipinski definition) is 2. The topological polar surface area (TPSA) is 97.3 Å². The maximum atomic E-state index is 13.6. The van der Waals surface area contributed by atoms with Gasteiger partial charge in [0.1, 0.15) is 28.9 Å². The quantitative estimate of drug-likeness (QED) is 0.766. The summed E-state index contributed by atoms with van der Waals surface area (Å²) in [6, 6.07) is 5.29. The number of hydroxylamine groups is 1. The minimum absolute atomic E-state index is 0.0319. The molecular weight excluding hydrogens is 364 g/mol. The molecule has 5 heterocycles. The summed E-state index contributed by atoms with van der Waals surface area (Å²) < 4.78 is 11.4. The smallest absolute Gasteiger partial charge is 0.264 e. The van der Waals surface area contributed by atoms with E-state index < -0.39 is 23.2 Å². The van der Waals surface area contributed by atoms with E-state index in [1.165, 1.54) is 12.2 Å². The maximum absolute atomic E-state index is 13.6. The molecule has 28 heavy (non-hydrogen) atoms. The van der Waals surface area contributed by atoms with Gasteiger partial charge in [-0.15, -0.1) is 0 Å². The van der Waals surface area contributed by atoms with Crippen molar-refractivity contribution < 1.29 is 29.0 Å². The fourth-order valence-electron chi connectivity index (χ4n) is 5.88. The van der Waals surface area contributed by atoms with Crippen molar-refractivity contribution in [3.05, 3.63) is 23.8 Å². The molecule has 6 atom stereocenters. The number of aliphatic hydroxyl groups excluding tert-OH is 1. The standard InChI is InChI=1S/C20H24N2O6/c1-4-15(23)20-12-9-28-17(16(20)24)19(8-13(12)21-20)11-6-5-10(26-2)7-14(11)22(27-3)18(19)25/h5-7,12-13,16-17,21,24H,4,8-9H2,1-3H3/t12-,13+,16+,17-,19+,20-/m1/s1. The fraction of sp³-hybridized carbons (Fsp3) is 0.600. The Labute approximate surface area is 162 Å². The molecule has 1 amide bonds. The minimum Gasteiger partial charge on any atom is -0.497 e. The molecule has 4 saturated heterocycles. The van der Waals surface area contributed by atoms with Crippen molar-refractivity contribution in [2.24, 2.45) is 5.92 Å². The van der Waals surface area contributed by atoms with Gasteiger partial charge in [0.2, 0.25) is 0 Å². The van der Waals surface area contributed by atoms with Crippen molar-refractivity contribution in [2.75, 3.05) is 25.9 Å². The molecule has 150 valence electrons. The van der Waals surface area contributed by atoms with Crippen LogP contribution in [0.25, 0.3) is 0 Å². The van der Waals surface area contributed by atoms with Crippen molar-refractivity contribution in [1.82, 2.24) is 5.32 Å². The van der Waals surface area contributed by atoms with E-state index in [1.807, 2.05) is 6.07 Å². The highest BCUT2D eigenvalue weighted by molar-refractivity contribution is 6.08. The summed E-state index contributed by atoms with van der Waals surface area (Å²) in [6.45, 7) is 2.14. The number of hydrogen-bond acceptors (Lipinski definition) is 7. The predicted molar refractivity (Wildman–Crippen MR) is 98.0 cm³/mol. The highest BCUT2D eigenvalue weighted by Crippen LogP contribution is 2.59. The van der Waals surface area contributed by atoms with Crippen LogP contribution >= 0.6 is 0 Å². The molecule has 0 radical (unpaired) electrons. The second-order valence-electron chi connectivity index (χ2n) is 8.04. The molecule has 1 aromatic rings. The zero-order valence-corrected chi connectivity index (χ0v) is 16.1. The number of nitrogens with zero attached hydrogens (tertiary/aromatic N) is 1. The van der Waals surface area contributed by atoms with Crippen molar-refractivity contribution in [1.29, 1.82) is 0 Å². The molecule has 4 fully saturated rings. The summed E-state index contributed by atoms with van der Waals surface area (Å²) in [4.78, 5) is 31.8. The summed E-state index contributed by atoms with van der Waals surface area (Å²) in [5.41, 5.74) is -0.825. The van der Waals surface area contributed by atoms with Gasteiger partial charge in [-0.1, -0.05) is 13.0 Å². The average molecular weight is 388 g/mol. The summed E-state index contributed by atoms with van der Waals surface area (Å²) in [6.07, 6.45) is -1.19. The molecule has 5 aliphatic heterocycles. The molecule has 8 nitrogen and oxygen atoms in total. The Kier molecular flexibility index (Phi) is 3.71. The number of ether oxygens (including phenoxy) is 2. The van der Waals surface area contributed by atoms with Gasteiger partial charge in [0.25, 0.3) is 5.91 Å². The second kappa shape index (κ2) is 5.76. The van der Waals surface area contributed by atoms with Crippen LogP contribution in [0.4, 0.5) is 5.69 Å². The average Bonchev–Trinajstić information content (AvgIpc) is 2.79. The van der Waals surface area contributed by atoms with E-state index in [0.29, 0.717) is 30.9 Å². The second-order valence-corrected chi connectivity index (χ2v) is 8.04. The summed E-state index contributed by atoms with van der Waals surface area (Å²) in [5, 5.41) is 15.9. The van der Waals surface area contributed by atoms with Crippen LogP contribution in [-0.4, -0.2) is 61.4 Å². The molecule has 0 unspecified atom stereocenters. The number of Topliss-reactive ketones (excluding diaryl/α,β-unsaturated/α-hetero) is 1. The SMILES string of the molecule is CCC(=O)[C@]12N[C@H]3C[C@@]4(C(=O)N(OC)c5cc(OC)ccc54)[C@H](OC[C@H]31)[C@@H]2O. The van der Waals surface area contributed by atoms with Crippen molar-refractivity contribution in [3.8, 4) is 5.75 Å². The van der Waals surface area contributed by atoms with Gasteiger partial charge in [-0.05, 0) is 18.1 Å². The molecule has 1 aromatic carbocycles. The number of ketones is 1. The summed E-state index contributed by atoms with van der Waals surface area (Å²) in [7, 11) is 3.00. The molecule has 0 aliphatic carbocycles. The number of aliphatic hydroxyl groups is 1. The Morgan fingerprint density at radius 1 is 1.43 bits per heavy atom. The van der Waals surface area contributed by atoms with Gasteiger partial charge in [-0.3, -0.25) is 19.7 Å². The number of methoxy groups -OCH3 is 1. The number of fused-ring (bicyclic) bond motifs is 2. The number of rotatable bonds is 4. The lowest BCUT2D eigenvalue weighted by Gasteiger charge is -2.58. The van der Waals surface area contributed by atoms with E-state index in [0.717, 1.165) is 5.56 Å². The van der Waals surface area contributed by atoms with Crippen LogP contribution in [0.3, 0.4) is 0 Å². The normalized spacial score (nSPS) is 40.3. The highest BCUT2D eigenvalue weighted by Gasteiger charge is 2.75. The lowest BCUT2D eigenvalue weighted by Crippen LogP contribution is -2.82. The first-order valence-corrected chi connectivity index (χ1v) is 9.63. The highest BCUT2D eigenvalue weighted by atomic mass is 16.7. The van der Waals surface area contributed by atoms with Crippen LogP contribution in [0, 0.1) is 5.92 Å². The number of carbonyl (C=O) groups is 2. The van der Waals surface area contributed by atoms with E-state index in [-0.39, 0.29) is 23.7 Å². The summed E-state index contributed by atoms with van der Waals surface area (Å²) >= 11 is 0. The van der Waals surface area contributed by atoms with E-state index in [4.69, 9.17) is 14.3 Å². The van der Waals surface area contributed by atoms with Crippen LogP contribution in [0.1, 0.15) is 25.3 Å². The molecular formula is C20H24N2O6. The zero-order valence-electron chi connectivity index (χ0n) is 16.1. The first kappa shape index (κ1) is 18.1. The third-order valence-electron chi connectivity index (χ3n) is 7.17. The number of nitrogens with one attached hydrogen (secondary N) is 1. The van der Waals surface area contributed by atoms with E-state index in [1.54, 1.807) is 26.2 Å².